The van der Waals surface area contributed by atoms with Crippen LogP contribution in [-0.2, 0) is 4.79 Å². The fraction of sp³-hybridized carbons (Fsp3) is 0.933. The van der Waals surface area contributed by atoms with Gasteiger partial charge in [0.15, 0.2) is 0 Å². The van der Waals surface area contributed by atoms with Crippen molar-refractivity contribution in [2.75, 3.05) is 13.1 Å². The lowest BCUT2D eigenvalue weighted by Gasteiger charge is -2.29. The number of carbonyl (C=O) groups is 1. The van der Waals surface area contributed by atoms with Crippen LogP contribution in [0.4, 0.5) is 0 Å². The van der Waals surface area contributed by atoms with Crippen LogP contribution in [0.5, 0.6) is 0 Å². The first kappa shape index (κ1) is 15.5. The Morgan fingerprint density at radius 2 is 2.06 bits per heavy atom. The van der Waals surface area contributed by atoms with E-state index in [9.17, 15) is 4.79 Å². The molecular formula is C15H30N2O. The molecule has 1 aliphatic heterocycles. The van der Waals surface area contributed by atoms with E-state index >= 15 is 0 Å². The first-order chi connectivity index (χ1) is 8.30. The van der Waals surface area contributed by atoms with Crippen molar-refractivity contribution in [3.63, 3.8) is 0 Å². The van der Waals surface area contributed by atoms with Crippen LogP contribution in [-0.4, -0.2) is 29.9 Å². The van der Waals surface area contributed by atoms with E-state index in [1.165, 1.54) is 0 Å². The molecule has 0 aromatic heterocycles. The van der Waals surface area contributed by atoms with E-state index in [-0.39, 0.29) is 6.04 Å². The summed E-state index contributed by atoms with van der Waals surface area (Å²) in [6.45, 7) is 10.7. The van der Waals surface area contributed by atoms with Crippen molar-refractivity contribution in [2.24, 2.45) is 17.1 Å². The molecule has 2 N–H and O–H groups in total. The highest BCUT2D eigenvalue weighted by atomic mass is 16.2. The van der Waals surface area contributed by atoms with Crippen molar-refractivity contribution in [2.45, 2.75) is 65.8 Å². The van der Waals surface area contributed by atoms with Crippen molar-refractivity contribution in [3.05, 3.63) is 0 Å². The molecule has 1 aliphatic rings. The largest absolute Gasteiger partial charge is 0.343 e. The van der Waals surface area contributed by atoms with Gasteiger partial charge >= 0.3 is 0 Å². The zero-order valence-electron chi connectivity index (χ0n) is 12.5. The van der Waals surface area contributed by atoms with Crippen LogP contribution in [0.1, 0.15) is 59.8 Å². The van der Waals surface area contributed by atoms with Gasteiger partial charge in [-0.25, -0.2) is 0 Å². The molecule has 0 aromatic rings. The summed E-state index contributed by atoms with van der Waals surface area (Å²) in [5.41, 5.74) is 6.07. The van der Waals surface area contributed by atoms with E-state index in [4.69, 9.17) is 5.73 Å². The van der Waals surface area contributed by atoms with Crippen LogP contribution in [0, 0.1) is 11.3 Å². The van der Waals surface area contributed by atoms with Crippen molar-refractivity contribution in [1.29, 1.82) is 0 Å². The van der Waals surface area contributed by atoms with E-state index in [1.807, 2.05) is 11.8 Å². The molecule has 0 saturated carbocycles. The maximum absolute atomic E-state index is 12.1. The molecular weight excluding hydrogens is 224 g/mol. The third kappa shape index (κ3) is 4.97. The number of rotatable bonds is 4. The van der Waals surface area contributed by atoms with Gasteiger partial charge in [0.2, 0.25) is 5.91 Å². The Morgan fingerprint density at radius 3 is 2.61 bits per heavy atom. The molecule has 1 heterocycles. The molecule has 3 nitrogen and oxygen atoms in total. The summed E-state index contributed by atoms with van der Waals surface area (Å²) < 4.78 is 0. The van der Waals surface area contributed by atoms with Gasteiger partial charge in [-0.2, -0.15) is 0 Å². The van der Waals surface area contributed by atoms with E-state index < -0.39 is 0 Å². The minimum atomic E-state index is 0.245. The molecule has 1 fully saturated rings. The summed E-state index contributed by atoms with van der Waals surface area (Å²) in [7, 11) is 0. The number of carbonyl (C=O) groups excluding carboxylic acids is 1. The monoisotopic (exact) mass is 254 g/mol. The maximum Gasteiger partial charge on any atom is 0.222 e. The van der Waals surface area contributed by atoms with Gasteiger partial charge in [-0.3, -0.25) is 4.79 Å². The van der Waals surface area contributed by atoms with Crippen molar-refractivity contribution in [1.82, 2.24) is 4.90 Å². The molecule has 0 aliphatic carbocycles. The Balaban J connectivity index is 2.44. The molecule has 0 spiro atoms. The standard InChI is InChI=1S/C15H30N2O/c1-12(16)6-5-10-17-11-9-13(15(2,3)4)7-8-14(17)18/h12-13H,5-11,16H2,1-4H3. The quantitative estimate of drug-likeness (QED) is 0.838. The lowest BCUT2D eigenvalue weighted by Crippen LogP contribution is -2.32. The van der Waals surface area contributed by atoms with Crippen molar-refractivity contribution >= 4 is 5.91 Å². The first-order valence-electron chi connectivity index (χ1n) is 7.34. The Hall–Kier alpha value is -0.570. The Bertz CT molecular complexity index is 268. The predicted molar refractivity (Wildman–Crippen MR) is 76.3 cm³/mol. The van der Waals surface area contributed by atoms with Gasteiger partial charge in [0, 0.05) is 25.6 Å². The lowest BCUT2D eigenvalue weighted by atomic mass is 9.77. The summed E-state index contributed by atoms with van der Waals surface area (Å²) >= 11 is 0. The molecule has 1 rings (SSSR count). The predicted octanol–water partition coefficient (Wildman–Crippen LogP) is 2.79. The number of hydrogen-bond acceptors (Lipinski definition) is 2. The highest BCUT2D eigenvalue weighted by molar-refractivity contribution is 5.76. The molecule has 1 saturated heterocycles. The molecule has 2 unspecified atom stereocenters. The molecule has 3 heteroatoms. The Kier molecular flexibility index (Phi) is 5.64. The van der Waals surface area contributed by atoms with Gasteiger partial charge in [-0.1, -0.05) is 20.8 Å². The smallest absolute Gasteiger partial charge is 0.222 e. The Morgan fingerprint density at radius 1 is 1.39 bits per heavy atom. The average molecular weight is 254 g/mol. The van der Waals surface area contributed by atoms with Crippen LogP contribution in [0.25, 0.3) is 0 Å². The summed E-state index contributed by atoms with van der Waals surface area (Å²) in [5.74, 6) is 1.01. The fourth-order valence-corrected chi connectivity index (χ4v) is 2.74. The topological polar surface area (TPSA) is 46.3 Å². The Labute approximate surface area is 112 Å². The van der Waals surface area contributed by atoms with Gasteiger partial charge in [0.05, 0.1) is 0 Å². The minimum absolute atomic E-state index is 0.245. The van der Waals surface area contributed by atoms with E-state index in [0.717, 1.165) is 45.2 Å². The molecule has 0 aromatic carbocycles. The number of likely N-dealkylation sites (tertiary alicyclic amines) is 1. The number of amides is 1. The number of hydrogen-bond donors (Lipinski definition) is 1. The minimum Gasteiger partial charge on any atom is -0.343 e. The highest BCUT2D eigenvalue weighted by Crippen LogP contribution is 2.34. The summed E-state index contributed by atoms with van der Waals surface area (Å²) in [5, 5.41) is 0. The van der Waals surface area contributed by atoms with Gasteiger partial charge in [-0.15, -0.1) is 0 Å². The summed E-state index contributed by atoms with van der Waals surface area (Å²) in [6, 6.07) is 0.245. The summed E-state index contributed by atoms with van der Waals surface area (Å²) in [6.07, 6.45) is 4.95. The van der Waals surface area contributed by atoms with Gasteiger partial charge in [0.1, 0.15) is 0 Å². The highest BCUT2D eigenvalue weighted by Gasteiger charge is 2.29. The zero-order valence-corrected chi connectivity index (χ0v) is 12.5. The van der Waals surface area contributed by atoms with E-state index in [0.29, 0.717) is 17.2 Å². The van der Waals surface area contributed by atoms with Crippen LogP contribution < -0.4 is 5.73 Å². The molecule has 106 valence electrons. The zero-order chi connectivity index (χ0) is 13.8. The van der Waals surface area contributed by atoms with Crippen LogP contribution in [0.15, 0.2) is 0 Å². The van der Waals surface area contributed by atoms with E-state index in [1.54, 1.807) is 0 Å². The molecule has 0 bridgehead atoms. The second-order valence-corrected chi connectivity index (χ2v) is 6.89. The normalized spacial score (nSPS) is 23.9. The number of nitrogens with two attached hydrogens (primary N) is 1. The maximum atomic E-state index is 12.1. The van der Waals surface area contributed by atoms with Gasteiger partial charge in [-0.05, 0) is 43.9 Å². The lowest BCUT2D eigenvalue weighted by molar-refractivity contribution is -0.130. The van der Waals surface area contributed by atoms with Crippen LogP contribution >= 0.6 is 0 Å². The van der Waals surface area contributed by atoms with Gasteiger partial charge < -0.3 is 10.6 Å². The molecule has 18 heavy (non-hydrogen) atoms. The second-order valence-electron chi connectivity index (χ2n) is 6.89. The van der Waals surface area contributed by atoms with Crippen molar-refractivity contribution in [3.8, 4) is 0 Å². The van der Waals surface area contributed by atoms with Gasteiger partial charge in [0.25, 0.3) is 0 Å². The van der Waals surface area contributed by atoms with E-state index in [2.05, 4.69) is 20.8 Å². The van der Waals surface area contributed by atoms with Crippen LogP contribution in [0.2, 0.25) is 0 Å². The molecule has 2 atom stereocenters. The van der Waals surface area contributed by atoms with Crippen molar-refractivity contribution < 1.29 is 4.79 Å². The van der Waals surface area contributed by atoms with Crippen LogP contribution in [0.3, 0.4) is 0 Å². The SMILES string of the molecule is CC(N)CCCN1CCC(C(C)(C)C)CCC1=O. The number of nitrogens with zero attached hydrogens (tertiary/aromatic N) is 1. The average Bonchev–Trinajstić information content (AvgIpc) is 2.40. The summed E-state index contributed by atoms with van der Waals surface area (Å²) in [4.78, 5) is 14.1. The third-order valence-corrected chi connectivity index (χ3v) is 4.12. The fourth-order valence-electron chi connectivity index (χ4n) is 2.74. The third-order valence-electron chi connectivity index (χ3n) is 4.12. The molecule has 0 radical (unpaired) electrons. The first-order valence-corrected chi connectivity index (χ1v) is 7.34. The second kappa shape index (κ2) is 6.55. The molecule has 1 amide bonds.